The van der Waals surface area contributed by atoms with Crippen LogP contribution in [0.15, 0.2) is 78.9 Å². The minimum Gasteiger partial charge on any atom is -0.491 e. The maximum absolute atomic E-state index is 13.0. The van der Waals surface area contributed by atoms with Crippen molar-refractivity contribution in [1.82, 2.24) is 5.32 Å². The van der Waals surface area contributed by atoms with Crippen molar-refractivity contribution in [2.45, 2.75) is 0 Å². The zero-order valence-electron chi connectivity index (χ0n) is 14.2. The smallest absolute Gasteiger partial charge is 0.196 e. The zero-order valence-corrected chi connectivity index (χ0v) is 14.2. The van der Waals surface area contributed by atoms with E-state index in [9.17, 15) is 4.79 Å². The molecule has 3 heteroatoms. The van der Waals surface area contributed by atoms with Crippen molar-refractivity contribution in [3.05, 3.63) is 90.0 Å². The summed E-state index contributed by atoms with van der Waals surface area (Å²) in [6, 6.07) is 25.1. The largest absolute Gasteiger partial charge is 0.491 e. The molecule has 0 aliphatic heterocycles. The first-order valence-electron chi connectivity index (χ1n) is 8.36. The Balaban J connectivity index is 2.00. The quantitative estimate of drug-likeness (QED) is 0.521. The van der Waals surface area contributed by atoms with Crippen molar-refractivity contribution < 1.29 is 9.53 Å². The monoisotopic (exact) mass is 331 g/mol. The average Bonchev–Trinajstić information content (AvgIpc) is 2.69. The Kier molecular flexibility index (Phi) is 5.60. The fourth-order valence-corrected chi connectivity index (χ4v) is 2.65. The van der Waals surface area contributed by atoms with Gasteiger partial charge in [-0.1, -0.05) is 66.7 Å². The molecule has 3 aromatic rings. The summed E-state index contributed by atoms with van der Waals surface area (Å²) in [4.78, 5) is 13.0. The first kappa shape index (κ1) is 16.9. The van der Waals surface area contributed by atoms with Gasteiger partial charge in [-0.2, -0.15) is 0 Å². The van der Waals surface area contributed by atoms with Crippen LogP contribution in [-0.4, -0.2) is 26.0 Å². The van der Waals surface area contributed by atoms with Crippen LogP contribution in [0.2, 0.25) is 0 Å². The number of rotatable bonds is 7. The molecule has 0 aromatic heterocycles. The Morgan fingerprint density at radius 2 is 1.56 bits per heavy atom. The fourth-order valence-electron chi connectivity index (χ4n) is 2.65. The summed E-state index contributed by atoms with van der Waals surface area (Å²) < 4.78 is 5.83. The molecule has 0 amide bonds. The highest BCUT2D eigenvalue weighted by Gasteiger charge is 2.16. The molecule has 0 bridgehead atoms. The molecular formula is C22H21NO2. The SMILES string of the molecule is CNCCOc1ccc(-c2ccccc2)cc1C(=O)c1ccccc1. The number of nitrogens with one attached hydrogen (secondary N) is 1. The second-order valence-electron chi connectivity index (χ2n) is 5.72. The number of benzene rings is 3. The van der Waals surface area contributed by atoms with E-state index in [0.29, 0.717) is 23.5 Å². The summed E-state index contributed by atoms with van der Waals surface area (Å²) in [7, 11) is 1.87. The van der Waals surface area contributed by atoms with Gasteiger partial charge in [0, 0.05) is 12.1 Å². The first-order valence-corrected chi connectivity index (χ1v) is 8.36. The van der Waals surface area contributed by atoms with Gasteiger partial charge in [-0.25, -0.2) is 0 Å². The number of carbonyl (C=O) groups is 1. The second-order valence-corrected chi connectivity index (χ2v) is 5.72. The molecule has 126 valence electrons. The van der Waals surface area contributed by atoms with Gasteiger partial charge in [-0.15, -0.1) is 0 Å². The third kappa shape index (κ3) is 4.14. The van der Waals surface area contributed by atoms with Gasteiger partial charge in [-0.05, 0) is 30.3 Å². The van der Waals surface area contributed by atoms with Crippen LogP contribution in [-0.2, 0) is 0 Å². The van der Waals surface area contributed by atoms with Crippen LogP contribution in [0, 0.1) is 0 Å². The van der Waals surface area contributed by atoms with Crippen LogP contribution in [0.3, 0.4) is 0 Å². The topological polar surface area (TPSA) is 38.3 Å². The van der Waals surface area contributed by atoms with E-state index in [1.807, 2.05) is 85.9 Å². The van der Waals surface area contributed by atoms with Crippen LogP contribution in [0.1, 0.15) is 15.9 Å². The van der Waals surface area contributed by atoms with Crippen molar-refractivity contribution in [3.63, 3.8) is 0 Å². The van der Waals surface area contributed by atoms with Crippen molar-refractivity contribution >= 4 is 5.78 Å². The molecule has 0 spiro atoms. The second kappa shape index (κ2) is 8.27. The van der Waals surface area contributed by atoms with E-state index in [-0.39, 0.29) is 5.78 Å². The fraction of sp³-hybridized carbons (Fsp3) is 0.136. The Labute approximate surface area is 148 Å². The van der Waals surface area contributed by atoms with E-state index >= 15 is 0 Å². The van der Waals surface area contributed by atoms with Crippen LogP contribution >= 0.6 is 0 Å². The van der Waals surface area contributed by atoms with Gasteiger partial charge in [0.2, 0.25) is 0 Å². The third-order valence-electron chi connectivity index (χ3n) is 3.98. The van der Waals surface area contributed by atoms with E-state index in [1.165, 1.54) is 0 Å². The molecule has 3 nitrogen and oxygen atoms in total. The van der Waals surface area contributed by atoms with Gasteiger partial charge >= 0.3 is 0 Å². The van der Waals surface area contributed by atoms with Gasteiger partial charge in [0.05, 0.1) is 5.56 Å². The molecule has 0 unspecified atom stereocenters. The van der Waals surface area contributed by atoms with E-state index in [2.05, 4.69) is 5.32 Å². The van der Waals surface area contributed by atoms with Crippen LogP contribution in [0.25, 0.3) is 11.1 Å². The third-order valence-corrected chi connectivity index (χ3v) is 3.98. The summed E-state index contributed by atoms with van der Waals surface area (Å²) in [5, 5.41) is 3.05. The molecule has 1 N–H and O–H groups in total. The number of likely N-dealkylation sites (N-methyl/N-ethyl adjacent to an activating group) is 1. The van der Waals surface area contributed by atoms with Gasteiger partial charge in [0.1, 0.15) is 12.4 Å². The predicted octanol–water partition coefficient (Wildman–Crippen LogP) is 4.18. The summed E-state index contributed by atoms with van der Waals surface area (Å²) in [6.07, 6.45) is 0. The molecule has 0 saturated heterocycles. The molecule has 0 radical (unpaired) electrons. The highest BCUT2D eigenvalue weighted by Crippen LogP contribution is 2.28. The molecule has 0 saturated carbocycles. The number of ketones is 1. The molecule has 0 heterocycles. The Morgan fingerprint density at radius 1 is 0.880 bits per heavy atom. The van der Waals surface area contributed by atoms with Crippen LogP contribution in [0.5, 0.6) is 5.75 Å². The lowest BCUT2D eigenvalue weighted by Crippen LogP contribution is -2.17. The lowest BCUT2D eigenvalue weighted by molar-refractivity contribution is 0.103. The number of hydrogen-bond acceptors (Lipinski definition) is 3. The molecule has 0 aliphatic carbocycles. The average molecular weight is 331 g/mol. The molecule has 3 rings (SSSR count). The summed E-state index contributed by atoms with van der Waals surface area (Å²) in [5.41, 5.74) is 3.32. The lowest BCUT2D eigenvalue weighted by atomic mass is 9.97. The summed E-state index contributed by atoms with van der Waals surface area (Å²) in [5.74, 6) is 0.585. The standard InChI is InChI=1S/C22H21NO2/c1-23-14-15-25-21-13-12-19(17-8-4-2-5-9-17)16-20(21)22(24)18-10-6-3-7-11-18/h2-13,16,23H,14-15H2,1H3. The number of ether oxygens (including phenoxy) is 1. The van der Waals surface area contributed by atoms with E-state index in [4.69, 9.17) is 4.74 Å². The minimum atomic E-state index is -0.0298. The highest BCUT2D eigenvalue weighted by atomic mass is 16.5. The summed E-state index contributed by atoms with van der Waals surface area (Å²) in [6.45, 7) is 1.23. The lowest BCUT2D eigenvalue weighted by Gasteiger charge is -2.13. The van der Waals surface area contributed by atoms with Gasteiger partial charge in [-0.3, -0.25) is 4.79 Å². The zero-order chi connectivity index (χ0) is 17.5. The van der Waals surface area contributed by atoms with Crippen molar-refractivity contribution in [2.75, 3.05) is 20.2 Å². The Morgan fingerprint density at radius 3 is 2.24 bits per heavy atom. The van der Waals surface area contributed by atoms with Gasteiger partial charge < -0.3 is 10.1 Å². The first-order chi connectivity index (χ1) is 12.3. The maximum atomic E-state index is 13.0. The molecule has 0 aliphatic rings. The van der Waals surface area contributed by atoms with E-state index in [0.717, 1.165) is 17.7 Å². The predicted molar refractivity (Wildman–Crippen MR) is 101 cm³/mol. The minimum absolute atomic E-state index is 0.0298. The van der Waals surface area contributed by atoms with E-state index < -0.39 is 0 Å². The Hall–Kier alpha value is -2.91. The van der Waals surface area contributed by atoms with Crippen LogP contribution in [0.4, 0.5) is 0 Å². The van der Waals surface area contributed by atoms with E-state index in [1.54, 1.807) is 0 Å². The molecule has 0 atom stereocenters. The molecule has 3 aromatic carbocycles. The number of hydrogen-bond donors (Lipinski definition) is 1. The van der Waals surface area contributed by atoms with Crippen molar-refractivity contribution in [2.24, 2.45) is 0 Å². The maximum Gasteiger partial charge on any atom is 0.196 e. The Bertz CT molecular complexity index is 829. The van der Waals surface area contributed by atoms with Gasteiger partial charge in [0.15, 0.2) is 5.78 Å². The van der Waals surface area contributed by atoms with Crippen molar-refractivity contribution in [1.29, 1.82) is 0 Å². The van der Waals surface area contributed by atoms with Crippen LogP contribution < -0.4 is 10.1 Å². The molecular weight excluding hydrogens is 310 g/mol. The number of carbonyl (C=O) groups excluding carboxylic acids is 1. The van der Waals surface area contributed by atoms with Gasteiger partial charge in [0.25, 0.3) is 0 Å². The van der Waals surface area contributed by atoms with Crippen molar-refractivity contribution in [3.8, 4) is 16.9 Å². The molecule has 25 heavy (non-hydrogen) atoms. The summed E-state index contributed by atoms with van der Waals surface area (Å²) >= 11 is 0. The highest BCUT2D eigenvalue weighted by molar-refractivity contribution is 6.11. The molecule has 0 fully saturated rings. The normalized spacial score (nSPS) is 10.4.